The summed E-state index contributed by atoms with van der Waals surface area (Å²) in [6, 6.07) is 10.2. The summed E-state index contributed by atoms with van der Waals surface area (Å²) in [4.78, 5) is 13.2. The Morgan fingerprint density at radius 1 is 1.07 bits per heavy atom. The van der Waals surface area contributed by atoms with E-state index in [9.17, 15) is 4.79 Å². The number of hydrogen-bond donors (Lipinski definition) is 1. The minimum Gasteiger partial charge on any atom is -0.354 e. The van der Waals surface area contributed by atoms with Gasteiger partial charge in [-0.25, -0.2) is 0 Å². The minimum atomic E-state index is 0.109. The van der Waals surface area contributed by atoms with Gasteiger partial charge < -0.3 is 4.74 Å². The molecule has 0 aliphatic heterocycles. The molecule has 28 heavy (non-hydrogen) atoms. The van der Waals surface area contributed by atoms with E-state index in [0.29, 0.717) is 13.3 Å². The molecule has 0 aliphatic rings. The molecule has 0 saturated heterocycles. The Morgan fingerprint density at radius 2 is 1.93 bits per heavy atom. The molecule has 2 aromatic carbocycles. The maximum absolute atomic E-state index is 13.2. The SMILES string of the molecule is CCCNCOCC#Cc1ccc2sc3c(CC)cc(CC)cc3c(=O)c2c1. The predicted octanol–water partition coefficient (Wildman–Crippen LogP) is 4.86. The number of ether oxygens (including phenoxy) is 1. The molecule has 0 bridgehead atoms. The Kier molecular flexibility index (Phi) is 7.22. The van der Waals surface area contributed by atoms with E-state index in [1.165, 1.54) is 11.1 Å². The van der Waals surface area contributed by atoms with Crippen LogP contribution in [0.15, 0.2) is 35.1 Å². The van der Waals surface area contributed by atoms with Crippen molar-refractivity contribution in [3.63, 3.8) is 0 Å². The zero-order chi connectivity index (χ0) is 19.9. The van der Waals surface area contributed by atoms with E-state index in [1.54, 1.807) is 11.3 Å². The van der Waals surface area contributed by atoms with E-state index in [4.69, 9.17) is 4.74 Å². The Morgan fingerprint density at radius 3 is 2.68 bits per heavy atom. The quantitative estimate of drug-likeness (QED) is 0.269. The molecular formula is C24H27NO2S. The van der Waals surface area contributed by atoms with E-state index in [1.807, 2.05) is 18.2 Å². The Hall–Kier alpha value is -2.19. The summed E-state index contributed by atoms with van der Waals surface area (Å²) in [6.45, 7) is 8.22. The molecule has 0 unspecified atom stereocenters. The van der Waals surface area contributed by atoms with Gasteiger partial charge in [-0.3, -0.25) is 10.1 Å². The van der Waals surface area contributed by atoms with Gasteiger partial charge in [-0.2, -0.15) is 0 Å². The van der Waals surface area contributed by atoms with Gasteiger partial charge in [-0.15, -0.1) is 11.3 Å². The van der Waals surface area contributed by atoms with Crippen LogP contribution in [0.2, 0.25) is 0 Å². The van der Waals surface area contributed by atoms with Crippen molar-refractivity contribution in [2.75, 3.05) is 19.9 Å². The van der Waals surface area contributed by atoms with Gasteiger partial charge in [0.1, 0.15) is 6.61 Å². The third-order valence-electron chi connectivity index (χ3n) is 4.73. The van der Waals surface area contributed by atoms with Gasteiger partial charge >= 0.3 is 0 Å². The van der Waals surface area contributed by atoms with Crippen molar-refractivity contribution in [3.8, 4) is 11.8 Å². The standard InChI is InChI=1S/C24H27NO2S/c1-4-11-25-16-27-12-7-8-18-9-10-22-20(15-18)23(26)21-14-17(5-2)13-19(6-3)24(21)28-22/h9-10,13-15,25H,4-6,11-12,16H2,1-3H3. The molecule has 0 fully saturated rings. The molecule has 1 heterocycles. The number of nitrogens with one attached hydrogen (secondary N) is 1. The molecule has 1 aromatic heterocycles. The molecule has 1 N–H and O–H groups in total. The van der Waals surface area contributed by atoms with Crippen molar-refractivity contribution in [2.45, 2.75) is 40.0 Å². The number of benzene rings is 2. The Balaban J connectivity index is 1.93. The maximum Gasteiger partial charge on any atom is 0.195 e. The van der Waals surface area contributed by atoms with Crippen LogP contribution in [0.25, 0.3) is 20.2 Å². The Labute approximate surface area is 170 Å². The smallest absolute Gasteiger partial charge is 0.195 e. The first-order valence-corrected chi connectivity index (χ1v) is 10.8. The van der Waals surface area contributed by atoms with Crippen LogP contribution < -0.4 is 10.7 Å². The van der Waals surface area contributed by atoms with Crippen molar-refractivity contribution in [3.05, 3.63) is 57.2 Å². The van der Waals surface area contributed by atoms with Crippen LogP contribution in [0.3, 0.4) is 0 Å². The van der Waals surface area contributed by atoms with Gasteiger partial charge in [0.15, 0.2) is 5.43 Å². The summed E-state index contributed by atoms with van der Waals surface area (Å²) in [6.07, 6.45) is 2.95. The molecular weight excluding hydrogens is 366 g/mol. The molecule has 3 nitrogen and oxygen atoms in total. The summed E-state index contributed by atoms with van der Waals surface area (Å²) in [5, 5.41) is 4.76. The van der Waals surface area contributed by atoms with Crippen LogP contribution in [0.5, 0.6) is 0 Å². The summed E-state index contributed by atoms with van der Waals surface area (Å²) in [7, 11) is 0. The zero-order valence-electron chi connectivity index (χ0n) is 16.9. The average Bonchev–Trinajstić information content (AvgIpc) is 2.73. The van der Waals surface area contributed by atoms with E-state index < -0.39 is 0 Å². The Bertz CT molecular complexity index is 1090. The third-order valence-corrected chi connectivity index (χ3v) is 6.00. The fourth-order valence-corrected chi connectivity index (χ4v) is 4.41. The summed E-state index contributed by atoms with van der Waals surface area (Å²) >= 11 is 1.70. The number of aryl methyl sites for hydroxylation is 2. The highest BCUT2D eigenvalue weighted by atomic mass is 32.1. The molecule has 3 aromatic rings. The summed E-state index contributed by atoms with van der Waals surface area (Å²) in [5.74, 6) is 6.14. The highest BCUT2D eigenvalue weighted by Crippen LogP contribution is 2.29. The van der Waals surface area contributed by atoms with Crippen LogP contribution >= 0.6 is 11.3 Å². The molecule has 0 saturated carbocycles. The second-order valence-electron chi connectivity index (χ2n) is 6.78. The van der Waals surface area contributed by atoms with E-state index in [-0.39, 0.29) is 5.43 Å². The second kappa shape index (κ2) is 9.84. The molecule has 146 valence electrons. The van der Waals surface area contributed by atoms with Gasteiger partial charge in [-0.1, -0.05) is 38.7 Å². The van der Waals surface area contributed by atoms with Crippen molar-refractivity contribution in [2.24, 2.45) is 0 Å². The first-order valence-electron chi connectivity index (χ1n) is 9.97. The topological polar surface area (TPSA) is 38.3 Å². The van der Waals surface area contributed by atoms with Crippen molar-refractivity contribution in [1.29, 1.82) is 0 Å². The highest BCUT2D eigenvalue weighted by Gasteiger charge is 2.10. The average molecular weight is 394 g/mol. The van der Waals surface area contributed by atoms with Crippen LogP contribution in [-0.2, 0) is 17.6 Å². The largest absolute Gasteiger partial charge is 0.354 e. The lowest BCUT2D eigenvalue weighted by Crippen LogP contribution is -2.18. The second-order valence-corrected chi connectivity index (χ2v) is 7.83. The van der Waals surface area contributed by atoms with E-state index in [0.717, 1.165) is 51.5 Å². The molecule has 4 heteroatoms. The van der Waals surface area contributed by atoms with Crippen molar-refractivity contribution < 1.29 is 4.74 Å². The van der Waals surface area contributed by atoms with Gasteiger partial charge in [-0.05, 0) is 61.2 Å². The number of rotatable bonds is 7. The van der Waals surface area contributed by atoms with Crippen LogP contribution in [-0.4, -0.2) is 19.9 Å². The number of fused-ring (bicyclic) bond motifs is 2. The highest BCUT2D eigenvalue weighted by molar-refractivity contribution is 7.24. The maximum atomic E-state index is 13.2. The van der Waals surface area contributed by atoms with Crippen LogP contribution in [0.4, 0.5) is 0 Å². The van der Waals surface area contributed by atoms with Crippen molar-refractivity contribution in [1.82, 2.24) is 5.32 Å². The van der Waals surface area contributed by atoms with Gasteiger partial charge in [0.05, 0.1) is 6.73 Å². The minimum absolute atomic E-state index is 0.109. The summed E-state index contributed by atoms with van der Waals surface area (Å²) < 4.78 is 7.56. The fourth-order valence-electron chi connectivity index (χ4n) is 3.20. The number of hydrogen-bond acceptors (Lipinski definition) is 4. The van der Waals surface area contributed by atoms with Gasteiger partial charge in [0, 0.05) is 25.7 Å². The van der Waals surface area contributed by atoms with Gasteiger partial charge in [0.25, 0.3) is 0 Å². The van der Waals surface area contributed by atoms with E-state index in [2.05, 4.69) is 50.1 Å². The molecule has 0 aliphatic carbocycles. The monoisotopic (exact) mass is 393 g/mol. The molecule has 0 radical (unpaired) electrons. The first-order chi connectivity index (χ1) is 13.7. The van der Waals surface area contributed by atoms with Gasteiger partial charge in [0.2, 0.25) is 0 Å². The molecule has 3 rings (SSSR count). The lowest BCUT2D eigenvalue weighted by Gasteiger charge is -2.08. The van der Waals surface area contributed by atoms with Crippen LogP contribution in [0.1, 0.15) is 43.9 Å². The zero-order valence-corrected chi connectivity index (χ0v) is 17.7. The molecule has 0 atom stereocenters. The van der Waals surface area contributed by atoms with E-state index >= 15 is 0 Å². The van der Waals surface area contributed by atoms with Crippen molar-refractivity contribution >= 4 is 31.5 Å². The predicted molar refractivity (Wildman–Crippen MR) is 120 cm³/mol. The normalized spacial score (nSPS) is 11.0. The molecule has 0 spiro atoms. The summed E-state index contributed by atoms with van der Waals surface area (Å²) in [5.41, 5.74) is 3.44. The lowest BCUT2D eigenvalue weighted by molar-refractivity contribution is 0.147. The first kappa shape index (κ1) is 20.5. The molecule has 0 amide bonds. The fraction of sp³-hybridized carbons (Fsp3) is 0.375. The lowest BCUT2D eigenvalue weighted by atomic mass is 10.0. The third kappa shape index (κ3) is 4.62. The van der Waals surface area contributed by atoms with Crippen LogP contribution in [0, 0.1) is 11.8 Å².